The lowest BCUT2D eigenvalue weighted by Gasteiger charge is -2.41. The molecule has 0 aliphatic rings. The number of hydrogen-bond acceptors (Lipinski definition) is 5. The molecule has 0 unspecified atom stereocenters. The molecule has 0 aromatic heterocycles. The third-order valence-corrected chi connectivity index (χ3v) is 9.76. The molecule has 0 radical (unpaired) electrons. The van der Waals surface area contributed by atoms with E-state index in [9.17, 15) is 4.79 Å². The lowest BCUT2D eigenvalue weighted by molar-refractivity contribution is -0.138. The summed E-state index contributed by atoms with van der Waals surface area (Å²) in [6.07, 6.45) is 7.97. The average molecular weight is 441 g/mol. The molecule has 0 aromatic carbocycles. The van der Waals surface area contributed by atoms with Crippen LogP contribution >= 0.6 is 0 Å². The van der Waals surface area contributed by atoms with Crippen LogP contribution in [-0.4, -0.2) is 47.0 Å². The van der Waals surface area contributed by atoms with E-state index in [0.717, 1.165) is 24.8 Å². The quantitative estimate of drug-likeness (QED) is 0.0806. The normalized spacial score (nSPS) is 15.3. The standard InChI is InChI=1S/C24H44O5Si/c1-11-27-23(25)20(4)15-13-12-14-16-21(28-18-26-8)22(17-19(2)3)29-30(9,10)24(5,6)7/h14-16,21-22H,2,11-13,17-18H2,1,3-10H3/b16-14+,20-15+/t21-,22+/m0/s1. The van der Waals surface area contributed by atoms with Crippen LogP contribution in [0.4, 0.5) is 0 Å². The van der Waals surface area contributed by atoms with Gasteiger partial charge in [-0.15, -0.1) is 6.58 Å². The van der Waals surface area contributed by atoms with Gasteiger partial charge in [-0.1, -0.05) is 44.6 Å². The summed E-state index contributed by atoms with van der Waals surface area (Å²) in [6.45, 7) is 21.5. The third kappa shape index (κ3) is 11.3. The number of unbranched alkanes of at least 4 members (excludes halogenated alkanes) is 1. The van der Waals surface area contributed by atoms with Crippen molar-refractivity contribution in [3.8, 4) is 0 Å². The third-order valence-electron chi connectivity index (χ3n) is 5.25. The van der Waals surface area contributed by atoms with Gasteiger partial charge in [-0.3, -0.25) is 0 Å². The minimum absolute atomic E-state index is 0.102. The SMILES string of the molecule is C=C(C)C[C@@H](O[Si](C)(C)C(C)(C)C)[C@H](/C=C/CC/C=C(\C)C(=O)OCC)OCOC. The number of carbonyl (C=O) groups excluding carboxylic acids is 1. The zero-order valence-corrected chi connectivity index (χ0v) is 21.7. The number of ether oxygens (including phenoxy) is 3. The van der Waals surface area contributed by atoms with Gasteiger partial charge in [0.2, 0.25) is 0 Å². The van der Waals surface area contributed by atoms with E-state index in [1.165, 1.54) is 0 Å². The van der Waals surface area contributed by atoms with Gasteiger partial charge in [-0.2, -0.15) is 0 Å². The summed E-state index contributed by atoms with van der Waals surface area (Å²) in [4.78, 5) is 11.7. The van der Waals surface area contributed by atoms with Gasteiger partial charge in [-0.25, -0.2) is 4.79 Å². The largest absolute Gasteiger partial charge is 0.463 e. The predicted molar refractivity (Wildman–Crippen MR) is 127 cm³/mol. The van der Waals surface area contributed by atoms with Crippen LogP contribution in [0.5, 0.6) is 0 Å². The van der Waals surface area contributed by atoms with Gasteiger partial charge in [-0.05, 0) is 58.2 Å². The molecule has 0 rings (SSSR count). The second-order valence-electron chi connectivity index (χ2n) is 9.23. The first-order valence-electron chi connectivity index (χ1n) is 10.8. The zero-order chi connectivity index (χ0) is 23.4. The fourth-order valence-electron chi connectivity index (χ4n) is 2.51. The maximum Gasteiger partial charge on any atom is 0.333 e. The van der Waals surface area contributed by atoms with Gasteiger partial charge < -0.3 is 18.6 Å². The smallest absolute Gasteiger partial charge is 0.333 e. The van der Waals surface area contributed by atoms with E-state index in [2.05, 4.69) is 46.5 Å². The molecule has 0 aliphatic carbocycles. The van der Waals surface area contributed by atoms with E-state index in [4.69, 9.17) is 18.6 Å². The van der Waals surface area contributed by atoms with Crippen LogP contribution in [0.25, 0.3) is 0 Å². The van der Waals surface area contributed by atoms with Crippen LogP contribution in [0.15, 0.2) is 36.0 Å². The summed E-state index contributed by atoms with van der Waals surface area (Å²) >= 11 is 0. The zero-order valence-electron chi connectivity index (χ0n) is 20.7. The molecule has 5 nitrogen and oxygen atoms in total. The van der Waals surface area contributed by atoms with Crippen LogP contribution in [0.1, 0.15) is 60.8 Å². The van der Waals surface area contributed by atoms with E-state index in [0.29, 0.717) is 12.2 Å². The highest BCUT2D eigenvalue weighted by Crippen LogP contribution is 2.38. The first-order chi connectivity index (χ1) is 13.9. The van der Waals surface area contributed by atoms with E-state index < -0.39 is 8.32 Å². The molecule has 0 fully saturated rings. The van der Waals surface area contributed by atoms with Gasteiger partial charge in [0.25, 0.3) is 0 Å². The number of carbonyl (C=O) groups is 1. The van der Waals surface area contributed by atoms with Crippen LogP contribution in [0.3, 0.4) is 0 Å². The van der Waals surface area contributed by atoms with E-state index >= 15 is 0 Å². The van der Waals surface area contributed by atoms with E-state index in [1.54, 1.807) is 21.0 Å². The number of methoxy groups -OCH3 is 1. The highest BCUT2D eigenvalue weighted by atomic mass is 28.4. The Hall–Kier alpha value is -1.21. The molecule has 0 saturated heterocycles. The molecule has 0 aliphatic heterocycles. The van der Waals surface area contributed by atoms with Gasteiger partial charge in [0, 0.05) is 12.7 Å². The van der Waals surface area contributed by atoms with Crippen LogP contribution in [0.2, 0.25) is 18.1 Å². The van der Waals surface area contributed by atoms with Crippen molar-refractivity contribution in [2.24, 2.45) is 0 Å². The molecule has 6 heteroatoms. The molecule has 2 atom stereocenters. The topological polar surface area (TPSA) is 54.0 Å². The van der Waals surface area contributed by atoms with Crippen molar-refractivity contribution in [1.82, 2.24) is 0 Å². The Bertz CT molecular complexity index is 587. The molecule has 0 bridgehead atoms. The Morgan fingerprint density at radius 3 is 2.30 bits per heavy atom. The van der Waals surface area contributed by atoms with Gasteiger partial charge in [0.15, 0.2) is 8.32 Å². The number of esters is 1. The molecular formula is C24H44O5Si. The minimum Gasteiger partial charge on any atom is -0.463 e. The summed E-state index contributed by atoms with van der Waals surface area (Å²) in [7, 11) is -0.366. The molecule has 174 valence electrons. The highest BCUT2D eigenvalue weighted by molar-refractivity contribution is 6.74. The minimum atomic E-state index is -1.98. The molecule has 0 amide bonds. The van der Waals surface area contributed by atoms with Gasteiger partial charge in [0.05, 0.1) is 12.7 Å². The summed E-state index contributed by atoms with van der Waals surface area (Å²) < 4.78 is 22.8. The van der Waals surface area contributed by atoms with Crippen molar-refractivity contribution in [1.29, 1.82) is 0 Å². The number of hydrogen-bond donors (Lipinski definition) is 0. The van der Waals surface area contributed by atoms with Gasteiger partial charge >= 0.3 is 5.97 Å². The molecule has 0 aromatic rings. The fourth-order valence-corrected chi connectivity index (χ4v) is 3.84. The maximum absolute atomic E-state index is 11.7. The second-order valence-corrected chi connectivity index (χ2v) is 14.0. The summed E-state index contributed by atoms with van der Waals surface area (Å²) in [5.41, 5.74) is 1.70. The molecule has 0 heterocycles. The Morgan fingerprint density at radius 2 is 1.80 bits per heavy atom. The van der Waals surface area contributed by atoms with E-state index in [1.807, 2.05) is 19.1 Å². The first kappa shape index (κ1) is 28.8. The Morgan fingerprint density at radius 1 is 1.17 bits per heavy atom. The fraction of sp³-hybridized carbons (Fsp3) is 0.708. The van der Waals surface area contributed by atoms with Crippen molar-refractivity contribution in [2.45, 2.75) is 91.1 Å². The second kappa shape index (κ2) is 14.0. The number of allylic oxidation sites excluding steroid dienone is 2. The highest BCUT2D eigenvalue weighted by Gasteiger charge is 2.40. The maximum atomic E-state index is 11.7. The lowest BCUT2D eigenvalue weighted by Crippen LogP contribution is -2.47. The van der Waals surface area contributed by atoms with Crippen molar-refractivity contribution >= 4 is 14.3 Å². The predicted octanol–water partition coefficient (Wildman–Crippen LogP) is 6.18. The molecular weight excluding hydrogens is 396 g/mol. The van der Waals surface area contributed by atoms with Crippen molar-refractivity contribution in [3.63, 3.8) is 0 Å². The Balaban J connectivity index is 5.28. The van der Waals surface area contributed by atoms with Crippen molar-refractivity contribution in [3.05, 3.63) is 36.0 Å². The number of rotatable bonds is 14. The molecule has 0 spiro atoms. The van der Waals surface area contributed by atoms with Crippen molar-refractivity contribution < 1.29 is 23.4 Å². The molecule has 30 heavy (non-hydrogen) atoms. The summed E-state index contributed by atoms with van der Waals surface area (Å²) in [6, 6.07) is 0. The molecule has 0 saturated carbocycles. The van der Waals surface area contributed by atoms with Crippen molar-refractivity contribution in [2.75, 3.05) is 20.5 Å². The van der Waals surface area contributed by atoms with Gasteiger partial charge in [0.1, 0.15) is 12.9 Å². The monoisotopic (exact) mass is 440 g/mol. The summed E-state index contributed by atoms with van der Waals surface area (Å²) in [5.74, 6) is -0.257. The summed E-state index contributed by atoms with van der Waals surface area (Å²) in [5, 5.41) is 0.102. The van der Waals surface area contributed by atoms with E-state index in [-0.39, 0.29) is 30.0 Å². The average Bonchev–Trinajstić information content (AvgIpc) is 2.61. The van der Waals surface area contributed by atoms with Crippen LogP contribution in [0, 0.1) is 0 Å². The van der Waals surface area contributed by atoms with Crippen LogP contribution < -0.4 is 0 Å². The van der Waals surface area contributed by atoms with Crippen LogP contribution in [-0.2, 0) is 23.4 Å². The Labute approximate surface area is 185 Å². The molecule has 0 N–H and O–H groups in total. The first-order valence-corrected chi connectivity index (χ1v) is 13.7. The Kier molecular flexibility index (Phi) is 13.4. The lowest BCUT2D eigenvalue weighted by atomic mass is 10.1.